The molecule has 5 aromatic rings. The fraction of sp³-hybridized carbons (Fsp3) is 0.279. The van der Waals surface area contributed by atoms with Crippen LogP contribution in [0, 0.1) is 0 Å². The number of rotatable bonds is 20. The van der Waals surface area contributed by atoms with Crippen molar-refractivity contribution in [1.29, 1.82) is 0 Å². The van der Waals surface area contributed by atoms with Gasteiger partial charge in [-0.05, 0) is 55.6 Å². The number of amides is 4. The number of nitrogens with one attached hydrogen (secondary N) is 4. The normalized spacial score (nSPS) is 12.2. The van der Waals surface area contributed by atoms with Crippen LogP contribution in [0.3, 0.4) is 0 Å². The van der Waals surface area contributed by atoms with Gasteiger partial charge < -0.3 is 31.5 Å². The van der Waals surface area contributed by atoms with Crippen molar-refractivity contribution >= 4 is 68.7 Å². The number of anilines is 2. The number of hydrogen-bond donors (Lipinski definition) is 6. The number of carboxylic acids is 2. The summed E-state index contributed by atoms with van der Waals surface area (Å²) in [6, 6.07) is 28.6. The van der Waals surface area contributed by atoms with Gasteiger partial charge in [-0.3, -0.25) is 29.0 Å². The summed E-state index contributed by atoms with van der Waals surface area (Å²) in [4.78, 5) is 82.3. The molecule has 5 rings (SSSR count). The maximum Gasteiger partial charge on any atom is 0.326 e. The van der Waals surface area contributed by atoms with Crippen LogP contribution in [0.1, 0.15) is 24.0 Å². The van der Waals surface area contributed by atoms with Gasteiger partial charge in [0.15, 0.2) is 0 Å². The molecule has 0 aliphatic carbocycles. The van der Waals surface area contributed by atoms with Gasteiger partial charge in [-0.15, -0.1) is 0 Å². The van der Waals surface area contributed by atoms with Crippen LogP contribution in [0.4, 0.5) is 11.4 Å². The van der Waals surface area contributed by atoms with E-state index in [0.717, 1.165) is 21.9 Å². The standard InChI is InChI=1S/C43H47N7O8/c1-49(26-40(53)47-36(42(55)56)21-28-9-5-3-6-10-28)19-17-38(51)44-32-15-13-30-23-31-14-16-33(25-35(31)46-34(30)24-32)45-39(52)18-20-50(2)27-41(54)48-37(43(57)58)22-29-11-7-4-8-12-29/h3-16,23-25,36-37H,17-22,26-27H2,1-2H3,(H,44,51)(H,45,52)(H,47,53)(H,48,54)(H,55,56)(H,57,58)/t36-,37-/m0/s1. The molecular weight excluding hydrogens is 743 g/mol. The molecule has 4 amide bonds. The van der Waals surface area contributed by atoms with Crippen molar-refractivity contribution in [2.75, 3.05) is 50.9 Å². The van der Waals surface area contributed by atoms with Gasteiger partial charge in [-0.1, -0.05) is 72.8 Å². The van der Waals surface area contributed by atoms with E-state index in [1.807, 2.05) is 30.3 Å². The fourth-order valence-corrected chi connectivity index (χ4v) is 6.24. The second kappa shape index (κ2) is 20.5. The van der Waals surface area contributed by atoms with Crippen LogP contribution in [0.25, 0.3) is 21.8 Å². The minimum Gasteiger partial charge on any atom is -0.480 e. The second-order valence-electron chi connectivity index (χ2n) is 14.2. The fourth-order valence-electron chi connectivity index (χ4n) is 6.24. The molecule has 1 aromatic heterocycles. The Kier molecular flexibility index (Phi) is 15.0. The number of carbonyl (C=O) groups is 6. The summed E-state index contributed by atoms with van der Waals surface area (Å²) in [5.41, 5.74) is 3.90. The Morgan fingerprint density at radius 2 is 0.948 bits per heavy atom. The average molecular weight is 790 g/mol. The Bertz CT molecular complexity index is 2100. The molecule has 6 N–H and O–H groups in total. The minimum absolute atomic E-state index is 0.0799. The maximum absolute atomic E-state index is 12.8. The van der Waals surface area contributed by atoms with E-state index in [4.69, 9.17) is 4.98 Å². The van der Waals surface area contributed by atoms with Gasteiger partial charge in [-0.25, -0.2) is 14.6 Å². The molecule has 0 saturated heterocycles. The molecule has 302 valence electrons. The molecule has 0 bridgehead atoms. The van der Waals surface area contributed by atoms with E-state index < -0.39 is 35.8 Å². The molecule has 15 nitrogen and oxygen atoms in total. The summed E-state index contributed by atoms with van der Waals surface area (Å²) in [6.07, 6.45) is 0.486. The largest absolute Gasteiger partial charge is 0.480 e. The molecule has 0 aliphatic rings. The molecule has 0 radical (unpaired) electrons. The Morgan fingerprint density at radius 1 is 0.552 bits per heavy atom. The van der Waals surface area contributed by atoms with Crippen LogP contribution in [-0.2, 0) is 41.6 Å². The number of carbonyl (C=O) groups excluding carboxylic acids is 4. The maximum atomic E-state index is 12.8. The van der Waals surface area contributed by atoms with Crippen molar-refractivity contribution < 1.29 is 39.0 Å². The Morgan fingerprint density at radius 3 is 1.33 bits per heavy atom. The summed E-state index contributed by atoms with van der Waals surface area (Å²) in [5.74, 6) is -3.72. The van der Waals surface area contributed by atoms with Gasteiger partial charge in [0.05, 0.1) is 24.1 Å². The number of aromatic nitrogens is 1. The summed E-state index contributed by atoms with van der Waals surface area (Å²) < 4.78 is 0. The lowest BCUT2D eigenvalue weighted by Gasteiger charge is -2.19. The van der Waals surface area contributed by atoms with Crippen LogP contribution >= 0.6 is 0 Å². The molecular formula is C43H47N7O8. The van der Waals surface area contributed by atoms with E-state index in [9.17, 15) is 39.0 Å². The number of pyridine rings is 1. The van der Waals surface area contributed by atoms with Crippen molar-refractivity contribution in [2.45, 2.75) is 37.8 Å². The van der Waals surface area contributed by atoms with Crippen LogP contribution in [0.2, 0.25) is 0 Å². The van der Waals surface area contributed by atoms with Crippen LogP contribution in [0.5, 0.6) is 0 Å². The second-order valence-corrected chi connectivity index (χ2v) is 14.2. The lowest BCUT2D eigenvalue weighted by atomic mass is 10.1. The third kappa shape index (κ3) is 13.2. The lowest BCUT2D eigenvalue weighted by molar-refractivity contribution is -0.142. The van der Waals surface area contributed by atoms with Crippen molar-refractivity contribution in [2.24, 2.45) is 0 Å². The molecule has 58 heavy (non-hydrogen) atoms. The first-order valence-corrected chi connectivity index (χ1v) is 18.7. The summed E-state index contributed by atoms with van der Waals surface area (Å²) in [7, 11) is 3.35. The Balaban J connectivity index is 1.08. The topological polar surface area (TPSA) is 210 Å². The highest BCUT2D eigenvalue weighted by atomic mass is 16.4. The lowest BCUT2D eigenvalue weighted by Crippen LogP contribution is -2.46. The number of aliphatic carboxylic acids is 2. The molecule has 2 atom stereocenters. The Hall–Kier alpha value is -6.71. The highest BCUT2D eigenvalue weighted by Crippen LogP contribution is 2.25. The smallest absolute Gasteiger partial charge is 0.326 e. The zero-order valence-electron chi connectivity index (χ0n) is 32.3. The van der Waals surface area contributed by atoms with E-state index in [1.54, 1.807) is 96.7 Å². The van der Waals surface area contributed by atoms with E-state index in [0.29, 0.717) is 22.4 Å². The van der Waals surface area contributed by atoms with E-state index >= 15 is 0 Å². The number of carboxylic acid groups (broad SMARTS) is 2. The number of nitrogens with zero attached hydrogens (tertiary/aromatic N) is 3. The molecule has 0 unspecified atom stereocenters. The number of likely N-dealkylation sites (N-methyl/N-ethyl adjacent to an activating group) is 2. The van der Waals surface area contributed by atoms with Crippen molar-refractivity contribution in [1.82, 2.24) is 25.4 Å². The van der Waals surface area contributed by atoms with Crippen molar-refractivity contribution in [3.63, 3.8) is 0 Å². The summed E-state index contributed by atoms with van der Waals surface area (Å²) in [6.45, 7) is 0.357. The highest BCUT2D eigenvalue weighted by Gasteiger charge is 2.22. The third-order valence-corrected chi connectivity index (χ3v) is 9.28. The predicted molar refractivity (Wildman–Crippen MR) is 220 cm³/mol. The third-order valence-electron chi connectivity index (χ3n) is 9.28. The average Bonchev–Trinajstić information content (AvgIpc) is 3.18. The molecule has 4 aromatic carbocycles. The molecule has 15 heteroatoms. The molecule has 0 saturated carbocycles. The first kappa shape index (κ1) is 42.4. The molecule has 0 spiro atoms. The Labute approximate surface area is 335 Å². The summed E-state index contributed by atoms with van der Waals surface area (Å²) >= 11 is 0. The minimum atomic E-state index is -1.13. The van der Waals surface area contributed by atoms with E-state index in [1.165, 1.54) is 0 Å². The molecule has 0 fully saturated rings. The molecule has 0 aliphatic heterocycles. The van der Waals surface area contributed by atoms with Gasteiger partial charge in [0.25, 0.3) is 0 Å². The zero-order valence-corrected chi connectivity index (χ0v) is 32.3. The summed E-state index contributed by atoms with van der Waals surface area (Å²) in [5, 5.41) is 31.7. The van der Waals surface area contributed by atoms with Crippen molar-refractivity contribution in [3.05, 3.63) is 114 Å². The van der Waals surface area contributed by atoms with Gasteiger partial charge in [0, 0.05) is 60.9 Å². The van der Waals surface area contributed by atoms with Crippen LogP contribution < -0.4 is 21.3 Å². The van der Waals surface area contributed by atoms with Gasteiger partial charge in [0.1, 0.15) is 12.1 Å². The SMILES string of the molecule is CN(CCC(=O)Nc1ccc2cc3ccc(NC(=O)CCN(C)CC(=O)N[C@@H](Cc4ccccc4)C(=O)O)cc3nc2c1)CC(=O)N[C@@H](Cc1ccccc1)C(=O)O. The number of hydrogen-bond acceptors (Lipinski definition) is 9. The van der Waals surface area contributed by atoms with Gasteiger partial charge in [0.2, 0.25) is 23.6 Å². The first-order chi connectivity index (χ1) is 27.8. The number of fused-ring (bicyclic) bond motifs is 2. The van der Waals surface area contributed by atoms with Crippen LogP contribution in [0.15, 0.2) is 103 Å². The van der Waals surface area contributed by atoms with E-state index in [-0.39, 0.29) is 63.7 Å². The van der Waals surface area contributed by atoms with Crippen molar-refractivity contribution in [3.8, 4) is 0 Å². The van der Waals surface area contributed by atoms with Gasteiger partial charge in [-0.2, -0.15) is 0 Å². The highest BCUT2D eigenvalue weighted by molar-refractivity contribution is 5.99. The van der Waals surface area contributed by atoms with E-state index in [2.05, 4.69) is 21.3 Å². The zero-order chi connectivity index (χ0) is 41.6. The molecule has 1 heterocycles. The quantitative estimate of drug-likeness (QED) is 0.0629. The van der Waals surface area contributed by atoms with Gasteiger partial charge >= 0.3 is 11.9 Å². The first-order valence-electron chi connectivity index (χ1n) is 18.7. The van der Waals surface area contributed by atoms with Crippen LogP contribution in [-0.4, -0.2) is 113 Å². The predicted octanol–water partition coefficient (Wildman–Crippen LogP) is 3.53. The number of benzene rings is 4. The monoisotopic (exact) mass is 789 g/mol.